The van der Waals surface area contributed by atoms with Crippen LogP contribution in [0.1, 0.15) is 13.3 Å². The number of nitriles is 1. The average Bonchev–Trinajstić information content (AvgIpc) is 2.30. The second-order valence-electron chi connectivity index (χ2n) is 2.65. The van der Waals surface area contributed by atoms with Crippen molar-refractivity contribution in [3.63, 3.8) is 0 Å². The molecular formula is C7H8N2O2S. The van der Waals surface area contributed by atoms with Gasteiger partial charge in [-0.05, 0) is 5.92 Å². The first-order valence-corrected chi connectivity index (χ1v) is 4.41. The van der Waals surface area contributed by atoms with Crippen LogP contribution in [-0.2, 0) is 4.79 Å². The van der Waals surface area contributed by atoms with E-state index in [-0.39, 0.29) is 22.3 Å². The third-order valence-electron chi connectivity index (χ3n) is 1.65. The largest absolute Gasteiger partial charge is 0.286 e. The van der Waals surface area contributed by atoms with E-state index in [9.17, 15) is 9.59 Å². The van der Waals surface area contributed by atoms with Gasteiger partial charge in [0.1, 0.15) is 0 Å². The van der Waals surface area contributed by atoms with Crippen molar-refractivity contribution in [3.05, 3.63) is 0 Å². The third kappa shape index (κ3) is 1.77. The summed E-state index contributed by atoms with van der Waals surface area (Å²) in [5.74, 6) is -0.334. The first-order chi connectivity index (χ1) is 5.65. The van der Waals surface area contributed by atoms with Gasteiger partial charge >= 0.3 is 0 Å². The summed E-state index contributed by atoms with van der Waals surface area (Å²) in [7, 11) is 0. The number of amides is 2. The van der Waals surface area contributed by atoms with E-state index in [4.69, 9.17) is 5.26 Å². The zero-order valence-corrected chi connectivity index (χ0v) is 7.35. The van der Waals surface area contributed by atoms with Gasteiger partial charge in [-0.25, -0.2) is 0 Å². The topological polar surface area (TPSA) is 70.0 Å². The lowest BCUT2D eigenvalue weighted by atomic mass is 10.0. The molecule has 1 rings (SSSR count). The maximum absolute atomic E-state index is 11.0. The Balaban J connectivity index is 2.59. The molecule has 0 aromatic heterocycles. The van der Waals surface area contributed by atoms with Gasteiger partial charge in [-0.2, -0.15) is 5.26 Å². The minimum Gasteiger partial charge on any atom is -0.286 e. The molecule has 1 fully saturated rings. The highest BCUT2D eigenvalue weighted by atomic mass is 32.2. The van der Waals surface area contributed by atoms with E-state index in [2.05, 4.69) is 5.32 Å². The molecular weight excluding hydrogens is 176 g/mol. The van der Waals surface area contributed by atoms with E-state index in [0.29, 0.717) is 6.42 Å². The maximum atomic E-state index is 11.0. The summed E-state index contributed by atoms with van der Waals surface area (Å²) in [6.07, 6.45) is 0.304. The van der Waals surface area contributed by atoms with E-state index < -0.39 is 0 Å². The molecule has 0 aromatic rings. The van der Waals surface area contributed by atoms with Gasteiger partial charge in [-0.1, -0.05) is 18.7 Å². The van der Waals surface area contributed by atoms with E-state index in [1.807, 2.05) is 6.07 Å². The number of carbonyl (C=O) groups is 2. The third-order valence-corrected chi connectivity index (χ3v) is 2.90. The van der Waals surface area contributed by atoms with Crippen LogP contribution in [0.15, 0.2) is 0 Å². The quantitative estimate of drug-likeness (QED) is 0.691. The highest BCUT2D eigenvalue weighted by Gasteiger charge is 2.35. The van der Waals surface area contributed by atoms with Gasteiger partial charge in [-0.15, -0.1) is 0 Å². The first-order valence-electron chi connectivity index (χ1n) is 3.53. The number of hydrogen-bond acceptors (Lipinski definition) is 4. The van der Waals surface area contributed by atoms with Crippen LogP contribution in [0.5, 0.6) is 0 Å². The summed E-state index contributed by atoms with van der Waals surface area (Å²) in [6.45, 7) is 1.79. The molecule has 0 saturated carbocycles. The highest BCUT2D eigenvalue weighted by Crippen LogP contribution is 2.27. The fourth-order valence-electron chi connectivity index (χ4n) is 0.996. The number of carbonyl (C=O) groups excluding carboxylic acids is 2. The molecule has 5 heteroatoms. The molecule has 64 valence electrons. The summed E-state index contributed by atoms with van der Waals surface area (Å²) in [4.78, 5) is 21.8. The summed E-state index contributed by atoms with van der Waals surface area (Å²) in [5, 5.41) is 9.87. The molecule has 12 heavy (non-hydrogen) atoms. The van der Waals surface area contributed by atoms with Crippen molar-refractivity contribution in [1.29, 1.82) is 5.26 Å². The molecule has 0 spiro atoms. The SMILES string of the molecule is CC(CC#N)C1SC(=O)NC1=O. The standard InChI is InChI=1S/C7H8N2O2S/c1-4(2-3-8)5-6(10)9-7(11)12-5/h4-5H,2H2,1H3,(H,9,10,11). The smallest absolute Gasteiger partial charge is 0.286 e. The van der Waals surface area contributed by atoms with Gasteiger partial charge in [0.15, 0.2) is 0 Å². The molecule has 1 aliphatic rings. The van der Waals surface area contributed by atoms with Crippen molar-refractivity contribution >= 4 is 22.9 Å². The lowest BCUT2D eigenvalue weighted by molar-refractivity contribution is -0.119. The van der Waals surface area contributed by atoms with E-state index >= 15 is 0 Å². The molecule has 1 saturated heterocycles. The fourth-order valence-corrected chi connectivity index (χ4v) is 1.88. The second-order valence-corrected chi connectivity index (χ2v) is 3.77. The predicted molar refractivity (Wildman–Crippen MR) is 44.3 cm³/mol. The Morgan fingerprint density at radius 2 is 2.42 bits per heavy atom. The van der Waals surface area contributed by atoms with Crippen LogP contribution < -0.4 is 5.32 Å². The number of imide groups is 1. The molecule has 2 atom stereocenters. The number of rotatable bonds is 2. The molecule has 0 aromatic carbocycles. The minimum absolute atomic E-state index is 0.0635. The Morgan fingerprint density at radius 1 is 1.75 bits per heavy atom. The van der Waals surface area contributed by atoms with Crippen molar-refractivity contribution in [1.82, 2.24) is 5.32 Å². The van der Waals surface area contributed by atoms with Crippen LogP contribution in [0.2, 0.25) is 0 Å². The van der Waals surface area contributed by atoms with E-state index in [1.54, 1.807) is 6.92 Å². The monoisotopic (exact) mass is 184 g/mol. The van der Waals surface area contributed by atoms with Gasteiger partial charge in [0, 0.05) is 6.42 Å². The fraction of sp³-hybridized carbons (Fsp3) is 0.571. The molecule has 1 heterocycles. The molecule has 0 bridgehead atoms. The summed E-state index contributed by atoms with van der Waals surface area (Å²) in [6, 6.07) is 1.98. The van der Waals surface area contributed by atoms with Gasteiger partial charge < -0.3 is 0 Å². The molecule has 1 aliphatic heterocycles. The van der Waals surface area contributed by atoms with Crippen LogP contribution in [0, 0.1) is 17.2 Å². The van der Waals surface area contributed by atoms with E-state index in [0.717, 1.165) is 11.8 Å². The van der Waals surface area contributed by atoms with Crippen LogP contribution in [0.4, 0.5) is 4.79 Å². The molecule has 1 N–H and O–H groups in total. The summed E-state index contributed by atoms with van der Waals surface area (Å²) >= 11 is 0.971. The number of nitrogens with zero attached hydrogens (tertiary/aromatic N) is 1. The van der Waals surface area contributed by atoms with Crippen molar-refractivity contribution in [3.8, 4) is 6.07 Å². The zero-order valence-electron chi connectivity index (χ0n) is 6.53. The highest BCUT2D eigenvalue weighted by molar-refractivity contribution is 8.15. The Kier molecular flexibility index (Phi) is 2.71. The van der Waals surface area contributed by atoms with E-state index in [1.165, 1.54) is 0 Å². The first kappa shape index (κ1) is 9.07. The zero-order chi connectivity index (χ0) is 9.14. The van der Waals surface area contributed by atoms with Crippen LogP contribution in [0.25, 0.3) is 0 Å². The van der Waals surface area contributed by atoms with Crippen LogP contribution >= 0.6 is 11.8 Å². The van der Waals surface area contributed by atoms with Crippen molar-refractivity contribution in [2.45, 2.75) is 18.6 Å². The van der Waals surface area contributed by atoms with Gasteiger partial charge in [0.2, 0.25) is 5.91 Å². The predicted octanol–water partition coefficient (Wildman–Crippen LogP) is 0.888. The molecule has 0 aliphatic carbocycles. The Morgan fingerprint density at radius 3 is 2.83 bits per heavy atom. The van der Waals surface area contributed by atoms with Crippen molar-refractivity contribution < 1.29 is 9.59 Å². The molecule has 4 nitrogen and oxygen atoms in total. The minimum atomic E-state index is -0.378. The number of nitrogens with one attached hydrogen (secondary N) is 1. The molecule has 0 radical (unpaired) electrons. The Labute approximate surface area is 74.3 Å². The maximum Gasteiger partial charge on any atom is 0.286 e. The summed E-state index contributed by atoms with van der Waals surface area (Å²) < 4.78 is 0. The van der Waals surface area contributed by atoms with Gasteiger partial charge in [0.05, 0.1) is 11.3 Å². The lowest BCUT2D eigenvalue weighted by Crippen LogP contribution is -2.28. The second kappa shape index (κ2) is 3.59. The van der Waals surface area contributed by atoms with Gasteiger partial charge in [0.25, 0.3) is 5.24 Å². The normalized spacial score (nSPS) is 24.8. The Bertz CT molecular complexity index is 259. The van der Waals surface area contributed by atoms with Crippen LogP contribution in [0.3, 0.4) is 0 Å². The van der Waals surface area contributed by atoms with Crippen molar-refractivity contribution in [2.75, 3.05) is 0 Å². The van der Waals surface area contributed by atoms with Crippen molar-refractivity contribution in [2.24, 2.45) is 5.92 Å². The Hall–Kier alpha value is -1.02. The lowest BCUT2D eigenvalue weighted by Gasteiger charge is -2.09. The number of hydrogen-bond donors (Lipinski definition) is 1. The van der Waals surface area contributed by atoms with Gasteiger partial charge in [-0.3, -0.25) is 14.9 Å². The molecule has 2 unspecified atom stereocenters. The van der Waals surface area contributed by atoms with Crippen LogP contribution in [-0.4, -0.2) is 16.4 Å². The number of thioether (sulfide) groups is 1. The average molecular weight is 184 g/mol. The molecule has 2 amide bonds. The summed E-state index contributed by atoms with van der Waals surface area (Å²) in [5.41, 5.74) is 0.